The van der Waals surface area contributed by atoms with Gasteiger partial charge in [0.2, 0.25) is 5.95 Å². The van der Waals surface area contributed by atoms with Crippen LogP contribution in [0.5, 0.6) is 0 Å². The Kier molecular flexibility index (Phi) is 7.88. The second kappa shape index (κ2) is 11.5. The summed E-state index contributed by atoms with van der Waals surface area (Å²) in [5.41, 5.74) is 1.16. The van der Waals surface area contributed by atoms with Gasteiger partial charge in [-0.25, -0.2) is 18.6 Å². The lowest BCUT2D eigenvalue weighted by Crippen LogP contribution is -2.56. The Balaban J connectivity index is 1.25. The van der Waals surface area contributed by atoms with E-state index in [0.29, 0.717) is 29.7 Å². The Bertz CT molecular complexity index is 1880. The molecule has 46 heavy (non-hydrogen) atoms. The minimum absolute atomic E-state index is 0.0594. The van der Waals surface area contributed by atoms with Crippen LogP contribution in [0.2, 0.25) is 5.02 Å². The van der Waals surface area contributed by atoms with Crippen molar-refractivity contribution in [1.29, 1.82) is 0 Å². The van der Waals surface area contributed by atoms with Crippen LogP contribution in [-0.4, -0.2) is 72.1 Å². The number of fused-ring (bicyclic) bond motifs is 2. The second-order valence-electron chi connectivity index (χ2n) is 12.7. The van der Waals surface area contributed by atoms with Gasteiger partial charge in [-0.2, -0.15) is 4.98 Å². The number of hydrogen-bond acceptors (Lipinski definition) is 8. The number of aromatic nitrogens is 4. The summed E-state index contributed by atoms with van der Waals surface area (Å²) in [6.45, 7) is 4.38. The van der Waals surface area contributed by atoms with E-state index in [4.69, 9.17) is 11.6 Å². The molecule has 0 bridgehead atoms. The molecule has 2 aromatic carbocycles. The highest BCUT2D eigenvalue weighted by Gasteiger charge is 2.52. The van der Waals surface area contributed by atoms with E-state index in [0.717, 1.165) is 4.90 Å². The Labute approximate surface area is 268 Å². The average molecular weight is 654 g/mol. The van der Waals surface area contributed by atoms with Gasteiger partial charge in [-0.1, -0.05) is 30.7 Å². The number of alkyl halides is 2. The van der Waals surface area contributed by atoms with E-state index >= 15 is 8.78 Å². The number of carbonyl (C=O) groups is 2. The highest BCUT2D eigenvalue weighted by atomic mass is 35.5. The summed E-state index contributed by atoms with van der Waals surface area (Å²) in [7, 11) is 1.68. The van der Waals surface area contributed by atoms with Gasteiger partial charge in [0.15, 0.2) is 5.82 Å². The third kappa shape index (κ3) is 5.62. The molecule has 4 aromatic rings. The van der Waals surface area contributed by atoms with Crippen LogP contribution in [0.3, 0.4) is 0 Å². The SMILES string of the molecule is C[C@H]1CN(c2ncc(Cl)c(Nc3ccc4c(c3)n(CCC(C)(C)O)c(=O)n4C)n2)C[C@@H](CN2C(=O)c3ccccc3C2=O)C1(F)F. The molecule has 2 aliphatic rings. The molecular formula is C32H34ClF2N7O4. The van der Waals surface area contributed by atoms with Crippen LogP contribution in [-0.2, 0) is 13.6 Å². The monoisotopic (exact) mass is 653 g/mol. The fourth-order valence-electron chi connectivity index (χ4n) is 6.11. The van der Waals surface area contributed by atoms with E-state index in [-0.39, 0.29) is 46.7 Å². The lowest BCUT2D eigenvalue weighted by molar-refractivity contribution is -0.114. The molecule has 0 aliphatic carbocycles. The third-order valence-electron chi connectivity index (χ3n) is 8.79. The van der Waals surface area contributed by atoms with E-state index in [9.17, 15) is 19.5 Å². The molecule has 6 rings (SSSR count). The topological polar surface area (TPSA) is 126 Å². The smallest absolute Gasteiger partial charge is 0.328 e. The van der Waals surface area contributed by atoms with Gasteiger partial charge in [0.1, 0.15) is 5.02 Å². The number of aliphatic hydroxyl groups is 1. The van der Waals surface area contributed by atoms with Crippen LogP contribution >= 0.6 is 11.6 Å². The number of imidazole rings is 1. The molecular weight excluding hydrogens is 620 g/mol. The zero-order chi connectivity index (χ0) is 33.1. The number of halogens is 3. The van der Waals surface area contributed by atoms with Crippen molar-refractivity contribution in [2.75, 3.05) is 29.9 Å². The number of carbonyl (C=O) groups excluding carboxylic acids is 2. The van der Waals surface area contributed by atoms with Gasteiger partial charge in [0, 0.05) is 44.8 Å². The molecule has 0 saturated carbocycles. The van der Waals surface area contributed by atoms with E-state index < -0.39 is 41.7 Å². The van der Waals surface area contributed by atoms with Crippen LogP contribution in [0, 0.1) is 11.8 Å². The van der Waals surface area contributed by atoms with Gasteiger partial charge in [-0.15, -0.1) is 0 Å². The van der Waals surface area contributed by atoms with Gasteiger partial charge in [-0.05, 0) is 50.6 Å². The van der Waals surface area contributed by atoms with Gasteiger partial charge >= 0.3 is 5.69 Å². The number of piperidine rings is 1. The molecule has 14 heteroatoms. The summed E-state index contributed by atoms with van der Waals surface area (Å²) in [6.07, 6.45) is 1.75. The number of imide groups is 1. The van der Waals surface area contributed by atoms with E-state index in [1.54, 1.807) is 60.7 Å². The molecule has 1 saturated heterocycles. The minimum Gasteiger partial charge on any atom is -0.390 e. The zero-order valence-electron chi connectivity index (χ0n) is 25.8. The van der Waals surface area contributed by atoms with Crippen molar-refractivity contribution in [3.8, 4) is 0 Å². The number of anilines is 3. The fraction of sp³-hybridized carbons (Fsp3) is 0.406. The quantitative estimate of drug-likeness (QED) is 0.263. The molecule has 1 fully saturated rings. The first kappa shape index (κ1) is 31.6. The lowest BCUT2D eigenvalue weighted by atomic mass is 9.85. The molecule has 0 radical (unpaired) electrons. The van der Waals surface area contributed by atoms with Crippen molar-refractivity contribution in [3.05, 3.63) is 75.3 Å². The predicted octanol–water partition coefficient (Wildman–Crippen LogP) is 4.69. The Morgan fingerprint density at radius 3 is 2.39 bits per heavy atom. The lowest BCUT2D eigenvalue weighted by Gasteiger charge is -2.43. The number of nitrogens with zero attached hydrogens (tertiary/aromatic N) is 6. The normalized spacial score (nSPS) is 19.7. The number of benzene rings is 2. The van der Waals surface area contributed by atoms with Crippen LogP contribution < -0.4 is 15.9 Å². The zero-order valence-corrected chi connectivity index (χ0v) is 26.6. The highest BCUT2D eigenvalue weighted by Crippen LogP contribution is 2.40. The first-order valence-corrected chi connectivity index (χ1v) is 15.3. The molecule has 242 valence electrons. The molecule has 11 nitrogen and oxygen atoms in total. The van der Waals surface area contributed by atoms with E-state index in [2.05, 4.69) is 15.3 Å². The molecule has 2 atom stereocenters. The van der Waals surface area contributed by atoms with Crippen molar-refractivity contribution in [2.45, 2.75) is 45.3 Å². The molecule has 2 aliphatic heterocycles. The molecule has 2 aromatic heterocycles. The summed E-state index contributed by atoms with van der Waals surface area (Å²) in [4.78, 5) is 50.2. The molecule has 0 unspecified atom stereocenters. The van der Waals surface area contributed by atoms with Gasteiger partial charge in [0.05, 0.1) is 39.9 Å². The summed E-state index contributed by atoms with van der Waals surface area (Å²) >= 11 is 6.46. The van der Waals surface area contributed by atoms with E-state index in [1.165, 1.54) is 29.8 Å². The van der Waals surface area contributed by atoms with Crippen LogP contribution in [0.15, 0.2) is 53.5 Å². The van der Waals surface area contributed by atoms with Crippen molar-refractivity contribution >= 4 is 51.9 Å². The van der Waals surface area contributed by atoms with Crippen LogP contribution in [0.25, 0.3) is 11.0 Å². The second-order valence-corrected chi connectivity index (χ2v) is 13.1. The Morgan fingerprint density at radius 2 is 1.74 bits per heavy atom. The molecule has 2 N–H and O–H groups in total. The van der Waals surface area contributed by atoms with Crippen LogP contribution in [0.4, 0.5) is 26.2 Å². The number of hydrogen-bond donors (Lipinski definition) is 2. The largest absolute Gasteiger partial charge is 0.390 e. The predicted molar refractivity (Wildman–Crippen MR) is 170 cm³/mol. The van der Waals surface area contributed by atoms with Crippen molar-refractivity contribution < 1.29 is 23.5 Å². The maximum atomic E-state index is 15.5. The maximum Gasteiger partial charge on any atom is 0.328 e. The minimum atomic E-state index is -3.16. The summed E-state index contributed by atoms with van der Waals surface area (Å²) < 4.78 is 34.2. The number of rotatable bonds is 8. The first-order chi connectivity index (χ1) is 21.7. The Hall–Kier alpha value is -4.36. The highest BCUT2D eigenvalue weighted by molar-refractivity contribution is 6.33. The third-order valence-corrected chi connectivity index (χ3v) is 9.06. The summed E-state index contributed by atoms with van der Waals surface area (Å²) in [6, 6.07) is 11.6. The maximum absolute atomic E-state index is 15.5. The van der Waals surface area contributed by atoms with Gasteiger partial charge in [0.25, 0.3) is 17.7 Å². The van der Waals surface area contributed by atoms with Crippen molar-refractivity contribution in [2.24, 2.45) is 18.9 Å². The Morgan fingerprint density at radius 1 is 1.07 bits per heavy atom. The van der Waals surface area contributed by atoms with Crippen molar-refractivity contribution in [1.82, 2.24) is 24.0 Å². The van der Waals surface area contributed by atoms with Gasteiger partial charge in [-0.3, -0.25) is 23.6 Å². The number of amides is 2. The average Bonchev–Trinajstić information content (AvgIpc) is 3.38. The number of aryl methyl sites for hydroxylation is 2. The standard InChI is InChI=1S/C32H34ClF2N7O4/c1-18-15-40(16-19(32(18,34)35)17-42-27(43)21-7-5-6-8-22(21)28(42)44)29-36-14-23(33)26(38-29)37-20-9-10-24-25(13-20)41(30(45)39(24)4)12-11-31(2,3)46/h5-10,13-14,18-19,46H,11-12,15-17H2,1-4H3,(H,36,37,38)/t18-,19-/m0/s1. The van der Waals surface area contributed by atoms with Gasteiger partial charge < -0.3 is 15.3 Å². The van der Waals surface area contributed by atoms with Crippen molar-refractivity contribution in [3.63, 3.8) is 0 Å². The van der Waals surface area contributed by atoms with Crippen LogP contribution in [0.1, 0.15) is 47.9 Å². The molecule has 0 spiro atoms. The molecule has 2 amide bonds. The molecule has 4 heterocycles. The first-order valence-electron chi connectivity index (χ1n) is 14.9. The summed E-state index contributed by atoms with van der Waals surface area (Å²) in [5.74, 6) is -6.44. The fourth-order valence-corrected chi connectivity index (χ4v) is 6.25. The van der Waals surface area contributed by atoms with E-state index in [1.807, 2.05) is 0 Å². The summed E-state index contributed by atoms with van der Waals surface area (Å²) in [5, 5.41) is 13.6. The number of nitrogens with one attached hydrogen (secondary N) is 1.